The van der Waals surface area contributed by atoms with E-state index in [1.54, 1.807) is 14.2 Å². The van der Waals surface area contributed by atoms with Gasteiger partial charge in [0.25, 0.3) is 0 Å². The van der Waals surface area contributed by atoms with Gasteiger partial charge in [-0.05, 0) is 19.1 Å². The zero-order chi connectivity index (χ0) is 11.3. The number of isocyanates is 1. The molecule has 0 aliphatic rings. The molecule has 1 rings (SSSR count). The molecular formula is C11H13NO3. The van der Waals surface area contributed by atoms with Crippen LogP contribution in [0.4, 0.5) is 0 Å². The highest BCUT2D eigenvalue weighted by Gasteiger charge is 2.10. The maximum atomic E-state index is 10.0. The fourth-order valence-electron chi connectivity index (χ4n) is 1.48. The molecule has 0 N–H and O–H groups in total. The second-order valence-electron chi connectivity index (χ2n) is 2.99. The first-order valence-corrected chi connectivity index (χ1v) is 4.48. The number of methoxy groups -OCH3 is 2. The Bertz CT molecular complexity index is 395. The molecule has 15 heavy (non-hydrogen) atoms. The van der Waals surface area contributed by atoms with Crippen LogP contribution in [-0.2, 0) is 11.3 Å². The molecule has 0 saturated carbocycles. The highest BCUT2D eigenvalue weighted by molar-refractivity contribution is 5.49. The second kappa shape index (κ2) is 5.17. The number of hydrogen-bond acceptors (Lipinski definition) is 4. The van der Waals surface area contributed by atoms with Crippen molar-refractivity contribution in [2.45, 2.75) is 13.5 Å². The number of rotatable bonds is 4. The summed E-state index contributed by atoms with van der Waals surface area (Å²) in [4.78, 5) is 13.5. The summed E-state index contributed by atoms with van der Waals surface area (Å²) in [6.07, 6.45) is 1.50. The van der Waals surface area contributed by atoms with E-state index in [-0.39, 0.29) is 6.54 Å². The van der Waals surface area contributed by atoms with Gasteiger partial charge in [-0.2, -0.15) is 0 Å². The lowest BCUT2D eigenvalue weighted by Gasteiger charge is -2.12. The van der Waals surface area contributed by atoms with Crippen LogP contribution < -0.4 is 9.47 Å². The van der Waals surface area contributed by atoms with E-state index in [4.69, 9.17) is 9.47 Å². The lowest BCUT2D eigenvalue weighted by molar-refractivity contribution is 0.385. The third-order valence-corrected chi connectivity index (χ3v) is 2.18. The van der Waals surface area contributed by atoms with E-state index >= 15 is 0 Å². The normalized spacial score (nSPS) is 9.27. The Hall–Kier alpha value is -1.80. The van der Waals surface area contributed by atoms with Crippen LogP contribution in [0.1, 0.15) is 11.1 Å². The molecule has 1 aromatic rings. The summed E-state index contributed by atoms with van der Waals surface area (Å²) in [5.41, 5.74) is 1.75. The summed E-state index contributed by atoms with van der Waals surface area (Å²) in [5, 5.41) is 0. The van der Waals surface area contributed by atoms with Crippen molar-refractivity contribution in [2.75, 3.05) is 14.2 Å². The Morgan fingerprint density at radius 2 is 2.07 bits per heavy atom. The topological polar surface area (TPSA) is 47.9 Å². The SMILES string of the molecule is COc1ccc(CN=C=O)c(OC)c1C. The fraction of sp³-hybridized carbons (Fsp3) is 0.364. The van der Waals surface area contributed by atoms with Crippen LogP contribution in [0.2, 0.25) is 0 Å². The monoisotopic (exact) mass is 207 g/mol. The molecule has 0 heterocycles. The molecule has 1 aromatic carbocycles. The molecule has 0 aliphatic heterocycles. The summed E-state index contributed by atoms with van der Waals surface area (Å²) in [5.74, 6) is 1.46. The molecule has 4 nitrogen and oxygen atoms in total. The highest BCUT2D eigenvalue weighted by atomic mass is 16.5. The molecule has 0 amide bonds. The lowest BCUT2D eigenvalue weighted by Crippen LogP contribution is -1.96. The predicted molar refractivity (Wildman–Crippen MR) is 56.1 cm³/mol. The molecule has 4 heteroatoms. The van der Waals surface area contributed by atoms with E-state index < -0.39 is 0 Å². The zero-order valence-electron chi connectivity index (χ0n) is 9.03. The number of carbonyl (C=O) groups excluding carboxylic acids is 1. The summed E-state index contributed by atoms with van der Waals surface area (Å²) < 4.78 is 10.4. The van der Waals surface area contributed by atoms with Crippen LogP contribution >= 0.6 is 0 Å². The Morgan fingerprint density at radius 3 is 2.60 bits per heavy atom. The molecule has 0 bridgehead atoms. The molecule has 0 saturated heterocycles. The van der Waals surface area contributed by atoms with Crippen molar-refractivity contribution in [3.8, 4) is 11.5 Å². The van der Waals surface area contributed by atoms with Crippen molar-refractivity contribution in [3.63, 3.8) is 0 Å². The molecule has 0 fully saturated rings. The zero-order valence-corrected chi connectivity index (χ0v) is 9.03. The molecule has 80 valence electrons. The van der Waals surface area contributed by atoms with Gasteiger partial charge in [0, 0.05) is 11.1 Å². The van der Waals surface area contributed by atoms with Crippen molar-refractivity contribution in [2.24, 2.45) is 4.99 Å². The van der Waals surface area contributed by atoms with Crippen LogP contribution in [0.5, 0.6) is 11.5 Å². The van der Waals surface area contributed by atoms with Gasteiger partial charge in [0.05, 0.1) is 20.8 Å². The minimum atomic E-state index is 0.275. The summed E-state index contributed by atoms with van der Waals surface area (Å²) in [6.45, 7) is 2.17. The Balaban J connectivity index is 3.17. The van der Waals surface area contributed by atoms with E-state index in [0.717, 1.165) is 16.9 Å². The molecule has 0 spiro atoms. The van der Waals surface area contributed by atoms with Gasteiger partial charge in [-0.25, -0.2) is 9.79 Å². The first-order valence-electron chi connectivity index (χ1n) is 4.48. The van der Waals surface area contributed by atoms with Crippen molar-refractivity contribution in [1.82, 2.24) is 0 Å². The van der Waals surface area contributed by atoms with Crippen molar-refractivity contribution in [1.29, 1.82) is 0 Å². The van der Waals surface area contributed by atoms with Crippen molar-refractivity contribution in [3.05, 3.63) is 23.3 Å². The quantitative estimate of drug-likeness (QED) is 0.559. The average molecular weight is 207 g/mol. The van der Waals surface area contributed by atoms with Gasteiger partial charge < -0.3 is 9.47 Å². The molecule has 0 aliphatic carbocycles. The largest absolute Gasteiger partial charge is 0.496 e. The Morgan fingerprint density at radius 1 is 1.33 bits per heavy atom. The van der Waals surface area contributed by atoms with E-state index in [1.807, 2.05) is 19.1 Å². The first-order chi connectivity index (χ1) is 7.24. The molecular weight excluding hydrogens is 194 g/mol. The van der Waals surface area contributed by atoms with Gasteiger partial charge in [0.1, 0.15) is 11.5 Å². The summed E-state index contributed by atoms with van der Waals surface area (Å²) in [6, 6.07) is 3.65. The standard InChI is InChI=1S/C11H13NO3/c1-8-10(14-2)5-4-9(6-12-7-13)11(8)15-3/h4-5H,6H2,1-3H3. The van der Waals surface area contributed by atoms with Gasteiger partial charge >= 0.3 is 0 Å². The van der Waals surface area contributed by atoms with Gasteiger partial charge in [-0.1, -0.05) is 0 Å². The van der Waals surface area contributed by atoms with Gasteiger partial charge in [-0.15, -0.1) is 0 Å². The minimum Gasteiger partial charge on any atom is -0.496 e. The van der Waals surface area contributed by atoms with Crippen molar-refractivity contribution >= 4 is 6.08 Å². The first kappa shape index (κ1) is 11.3. The number of ether oxygens (including phenoxy) is 2. The Labute approximate surface area is 88.5 Å². The van der Waals surface area contributed by atoms with Gasteiger partial charge in [0.15, 0.2) is 0 Å². The van der Waals surface area contributed by atoms with Gasteiger partial charge in [-0.3, -0.25) is 0 Å². The summed E-state index contributed by atoms with van der Waals surface area (Å²) in [7, 11) is 3.18. The Kier molecular flexibility index (Phi) is 3.89. The average Bonchev–Trinajstić information content (AvgIpc) is 2.26. The maximum absolute atomic E-state index is 10.0. The number of benzene rings is 1. The van der Waals surface area contributed by atoms with E-state index in [0.29, 0.717) is 5.75 Å². The predicted octanol–water partition coefficient (Wildman–Crippen LogP) is 1.85. The second-order valence-corrected chi connectivity index (χ2v) is 2.99. The lowest BCUT2D eigenvalue weighted by atomic mass is 10.1. The number of nitrogens with zero attached hydrogens (tertiary/aromatic N) is 1. The number of hydrogen-bond donors (Lipinski definition) is 0. The van der Waals surface area contributed by atoms with Crippen molar-refractivity contribution < 1.29 is 14.3 Å². The smallest absolute Gasteiger partial charge is 0.235 e. The van der Waals surface area contributed by atoms with Crippen LogP contribution in [0.3, 0.4) is 0 Å². The van der Waals surface area contributed by atoms with E-state index in [2.05, 4.69) is 4.99 Å². The van der Waals surface area contributed by atoms with Crippen LogP contribution in [0.25, 0.3) is 0 Å². The molecule has 0 radical (unpaired) electrons. The van der Waals surface area contributed by atoms with E-state index in [1.165, 1.54) is 6.08 Å². The maximum Gasteiger partial charge on any atom is 0.235 e. The molecule has 0 unspecified atom stereocenters. The molecule has 0 atom stereocenters. The third kappa shape index (κ3) is 2.36. The minimum absolute atomic E-state index is 0.275. The third-order valence-electron chi connectivity index (χ3n) is 2.18. The van der Waals surface area contributed by atoms with Crippen LogP contribution in [-0.4, -0.2) is 20.3 Å². The summed E-state index contributed by atoms with van der Waals surface area (Å²) >= 11 is 0. The fourth-order valence-corrected chi connectivity index (χ4v) is 1.48. The van der Waals surface area contributed by atoms with Crippen LogP contribution in [0, 0.1) is 6.92 Å². The van der Waals surface area contributed by atoms with Crippen LogP contribution in [0.15, 0.2) is 17.1 Å². The molecule has 0 aromatic heterocycles. The highest BCUT2D eigenvalue weighted by Crippen LogP contribution is 2.31. The van der Waals surface area contributed by atoms with Gasteiger partial charge in [0.2, 0.25) is 6.08 Å². The van der Waals surface area contributed by atoms with E-state index in [9.17, 15) is 4.79 Å². The number of aliphatic imine (C=N–C) groups is 1.